The van der Waals surface area contributed by atoms with Crippen LogP contribution in [0.15, 0.2) is 24.4 Å². The van der Waals surface area contributed by atoms with Crippen molar-refractivity contribution < 1.29 is 4.74 Å². The molecule has 8 nitrogen and oxygen atoms in total. The number of hydrogen-bond donors (Lipinski definition) is 1. The van der Waals surface area contributed by atoms with Crippen molar-refractivity contribution in [3.8, 4) is 23.8 Å². The van der Waals surface area contributed by atoms with Crippen molar-refractivity contribution in [1.82, 2.24) is 19.7 Å². The number of aryl methyl sites for hydroxylation is 2. The largest absolute Gasteiger partial charge is 0.436 e. The van der Waals surface area contributed by atoms with Gasteiger partial charge in [-0.3, -0.25) is 4.68 Å². The van der Waals surface area contributed by atoms with Crippen molar-refractivity contribution >= 4 is 34.7 Å². The molecule has 1 aromatic carbocycles. The van der Waals surface area contributed by atoms with E-state index in [1.807, 2.05) is 26.1 Å². The first-order valence-corrected chi connectivity index (χ1v) is 10.2. The van der Waals surface area contributed by atoms with E-state index in [9.17, 15) is 5.26 Å². The van der Waals surface area contributed by atoms with E-state index in [1.54, 1.807) is 23.0 Å². The molecule has 6 rings (SSSR count). The first kappa shape index (κ1) is 19.3. The third-order valence-corrected chi connectivity index (χ3v) is 6.18. The lowest BCUT2D eigenvalue weighted by Gasteiger charge is -2.66. The molecule has 154 valence electrons. The highest BCUT2D eigenvalue weighted by molar-refractivity contribution is 6.32. The molecule has 3 saturated carbocycles. The molecule has 0 unspecified atom stereocenters. The Hall–Kier alpha value is -3.62. The van der Waals surface area contributed by atoms with Crippen LogP contribution in [0, 0.1) is 35.0 Å². The van der Waals surface area contributed by atoms with Crippen LogP contribution in [0.25, 0.3) is 17.1 Å². The standard InChI is InChI=1S/C22H18ClN7O/c1-13-6-14(4-3-5-24)7-16(23)17(13)31-19-15-8-30(2)29-18(15)26-20(27-19)28-22-9-21(10-22,11-22)12-25/h3-4,6-8H,9-11H2,1-2H3,(H,26,28,29)/b4-3+. The zero-order valence-corrected chi connectivity index (χ0v) is 17.7. The average molecular weight is 432 g/mol. The van der Waals surface area contributed by atoms with Gasteiger partial charge >= 0.3 is 0 Å². The third kappa shape index (κ3) is 3.17. The highest BCUT2D eigenvalue weighted by Gasteiger charge is 2.69. The number of allylic oxidation sites excluding steroid dienone is 1. The summed E-state index contributed by atoms with van der Waals surface area (Å²) in [6.07, 6.45) is 7.30. The first-order chi connectivity index (χ1) is 14.8. The maximum atomic E-state index is 9.26. The summed E-state index contributed by atoms with van der Waals surface area (Å²) < 4.78 is 7.83. The summed E-state index contributed by atoms with van der Waals surface area (Å²) in [6.45, 7) is 1.88. The quantitative estimate of drug-likeness (QED) is 0.591. The summed E-state index contributed by atoms with van der Waals surface area (Å²) in [7, 11) is 1.81. The number of nitriles is 2. The number of rotatable bonds is 5. The van der Waals surface area contributed by atoms with Crippen LogP contribution in [-0.4, -0.2) is 25.3 Å². The van der Waals surface area contributed by atoms with Gasteiger partial charge in [-0.05, 0) is 55.5 Å². The molecule has 31 heavy (non-hydrogen) atoms. The zero-order chi connectivity index (χ0) is 21.8. The van der Waals surface area contributed by atoms with E-state index in [0.29, 0.717) is 33.6 Å². The number of hydrogen-bond acceptors (Lipinski definition) is 7. The molecule has 3 fully saturated rings. The summed E-state index contributed by atoms with van der Waals surface area (Å²) in [5.41, 5.74) is 1.85. The van der Waals surface area contributed by atoms with E-state index in [1.165, 1.54) is 6.08 Å². The predicted molar refractivity (Wildman–Crippen MR) is 115 cm³/mol. The van der Waals surface area contributed by atoms with Crippen LogP contribution < -0.4 is 10.1 Å². The topological polar surface area (TPSA) is 112 Å². The van der Waals surface area contributed by atoms with Gasteiger partial charge < -0.3 is 10.1 Å². The van der Waals surface area contributed by atoms with Gasteiger partial charge in [-0.15, -0.1) is 0 Å². The minimum atomic E-state index is -0.173. The molecule has 0 aliphatic heterocycles. The van der Waals surface area contributed by atoms with Crippen molar-refractivity contribution in [2.24, 2.45) is 12.5 Å². The first-order valence-electron chi connectivity index (χ1n) is 9.79. The van der Waals surface area contributed by atoms with Crippen LogP contribution in [0.2, 0.25) is 5.02 Å². The minimum absolute atomic E-state index is 0.113. The Morgan fingerprint density at radius 1 is 1.26 bits per heavy atom. The molecule has 3 aromatic rings. The van der Waals surface area contributed by atoms with Gasteiger partial charge in [-0.2, -0.15) is 25.6 Å². The molecular weight excluding hydrogens is 414 g/mol. The summed E-state index contributed by atoms with van der Waals surface area (Å²) >= 11 is 6.48. The van der Waals surface area contributed by atoms with Crippen molar-refractivity contribution in [1.29, 1.82) is 10.5 Å². The van der Waals surface area contributed by atoms with Gasteiger partial charge in [0, 0.05) is 24.9 Å². The van der Waals surface area contributed by atoms with E-state index in [2.05, 4.69) is 26.5 Å². The molecule has 0 atom stereocenters. The highest BCUT2D eigenvalue weighted by Crippen LogP contribution is 2.67. The van der Waals surface area contributed by atoms with Crippen LogP contribution in [0.1, 0.15) is 30.4 Å². The summed E-state index contributed by atoms with van der Waals surface area (Å²) in [4.78, 5) is 9.15. The van der Waals surface area contributed by atoms with Crippen molar-refractivity contribution in [3.63, 3.8) is 0 Å². The number of nitrogens with one attached hydrogen (secondary N) is 1. The molecule has 2 heterocycles. The predicted octanol–water partition coefficient (Wildman–Crippen LogP) is 4.51. The van der Waals surface area contributed by atoms with Crippen LogP contribution >= 0.6 is 11.6 Å². The Labute approximate surface area is 183 Å². The van der Waals surface area contributed by atoms with Gasteiger partial charge in [0.25, 0.3) is 0 Å². The lowest BCUT2D eigenvalue weighted by Crippen LogP contribution is -2.70. The average Bonchev–Trinajstić information content (AvgIpc) is 3.04. The van der Waals surface area contributed by atoms with Gasteiger partial charge in [-0.25, -0.2) is 0 Å². The van der Waals surface area contributed by atoms with E-state index in [-0.39, 0.29) is 11.0 Å². The maximum absolute atomic E-state index is 9.26. The van der Waals surface area contributed by atoms with E-state index >= 15 is 0 Å². The summed E-state index contributed by atoms with van der Waals surface area (Å²) in [5, 5.41) is 26.9. The summed E-state index contributed by atoms with van der Waals surface area (Å²) in [6, 6.07) is 8.00. The Bertz CT molecular complexity index is 1300. The van der Waals surface area contributed by atoms with Crippen molar-refractivity contribution in [3.05, 3.63) is 40.6 Å². The molecule has 9 heteroatoms. The number of benzene rings is 1. The van der Waals surface area contributed by atoms with E-state index in [0.717, 1.165) is 30.4 Å². The molecule has 3 aliphatic rings. The molecular formula is C22H18ClN7O. The number of halogens is 1. The van der Waals surface area contributed by atoms with Crippen LogP contribution in [0.3, 0.4) is 0 Å². The van der Waals surface area contributed by atoms with Gasteiger partial charge in [0.1, 0.15) is 5.39 Å². The third-order valence-electron chi connectivity index (χ3n) is 5.90. The number of anilines is 1. The second kappa shape index (κ2) is 6.69. The Morgan fingerprint density at radius 2 is 2.03 bits per heavy atom. The highest BCUT2D eigenvalue weighted by atomic mass is 35.5. The molecule has 2 bridgehead atoms. The number of aromatic nitrogens is 4. The van der Waals surface area contributed by atoms with E-state index in [4.69, 9.17) is 21.6 Å². The fraction of sp³-hybridized carbons (Fsp3) is 0.318. The molecule has 0 saturated heterocycles. The van der Waals surface area contributed by atoms with E-state index < -0.39 is 0 Å². The number of nitrogens with zero attached hydrogens (tertiary/aromatic N) is 6. The molecule has 0 spiro atoms. The maximum Gasteiger partial charge on any atom is 0.235 e. The molecule has 0 radical (unpaired) electrons. The van der Waals surface area contributed by atoms with Crippen LogP contribution in [0.5, 0.6) is 11.6 Å². The van der Waals surface area contributed by atoms with Crippen molar-refractivity contribution in [2.75, 3.05) is 5.32 Å². The van der Waals surface area contributed by atoms with Gasteiger partial charge in [0.2, 0.25) is 11.8 Å². The van der Waals surface area contributed by atoms with Crippen molar-refractivity contribution in [2.45, 2.75) is 31.7 Å². The monoisotopic (exact) mass is 431 g/mol. The lowest BCUT2D eigenvalue weighted by atomic mass is 9.40. The number of fused-ring (bicyclic) bond motifs is 1. The molecule has 1 N–H and O–H groups in total. The Balaban J connectivity index is 1.49. The van der Waals surface area contributed by atoms with Gasteiger partial charge in [0.15, 0.2) is 11.4 Å². The van der Waals surface area contributed by atoms with Gasteiger partial charge in [-0.1, -0.05) is 11.6 Å². The SMILES string of the molecule is Cc1cc(/C=C/C#N)cc(Cl)c1Oc1nc(NC23CC(C#N)(C2)C3)nc2nn(C)cc12. The second-order valence-corrected chi connectivity index (χ2v) is 8.84. The smallest absolute Gasteiger partial charge is 0.235 e. The Morgan fingerprint density at radius 3 is 2.71 bits per heavy atom. The Kier molecular flexibility index (Phi) is 4.18. The normalized spacial score (nSPS) is 23.6. The lowest BCUT2D eigenvalue weighted by molar-refractivity contribution is -0.0665. The molecule has 0 amide bonds. The fourth-order valence-corrected chi connectivity index (χ4v) is 4.93. The summed E-state index contributed by atoms with van der Waals surface area (Å²) in [5.74, 6) is 1.27. The van der Waals surface area contributed by atoms with Crippen LogP contribution in [0.4, 0.5) is 5.95 Å². The van der Waals surface area contributed by atoms with Crippen LogP contribution in [-0.2, 0) is 7.05 Å². The second-order valence-electron chi connectivity index (χ2n) is 8.43. The number of ether oxygens (including phenoxy) is 1. The van der Waals surface area contributed by atoms with Gasteiger partial charge in [0.05, 0.1) is 22.6 Å². The molecule has 3 aliphatic carbocycles. The minimum Gasteiger partial charge on any atom is -0.436 e. The fourth-order valence-electron chi connectivity index (χ4n) is 4.61. The molecule has 2 aromatic heterocycles. The zero-order valence-electron chi connectivity index (χ0n) is 17.0.